The topological polar surface area (TPSA) is 223 Å². The van der Waals surface area contributed by atoms with Crippen LogP contribution in [-0.4, -0.2) is 126 Å². The molecule has 3 fully saturated rings. The van der Waals surface area contributed by atoms with Crippen LogP contribution in [0.25, 0.3) is 21.6 Å². The summed E-state index contributed by atoms with van der Waals surface area (Å²) >= 11 is 0. The number of esters is 1. The van der Waals surface area contributed by atoms with Gasteiger partial charge in [0.1, 0.15) is 55.8 Å². The van der Waals surface area contributed by atoms with E-state index in [1.165, 1.54) is 6.08 Å². The average molecular weight is 1140 g/mol. The number of benzene rings is 4. The molecule has 4 aromatic carbocycles. The standard InChI is InChI=1S/C61H78N4O15Si/c1-11-31-69-59(68)78-55-51(64-65-62)57(80-81(9,10)60(5,6)38(3)4)76-47(52(55)71-34-40-25-17-14-18-26-40)36-72-56-50(63-58(67)73-35-46-44-29-21-19-27-42(44)43-28-20-22-30-45(43)46)54(53-48(75-56)37-74-61(7,8)79-53)77-49(66)32-41(12-2)70-33-39-23-15-13-16-24-39/h11,13-30,38,41,46-48,50-57H,1,12,31-37H2,2-10H3,(H,63,67)/t41-,47?,48?,50?,51?,52-,53-,54+,55+,56+,57-/m0/s1. The van der Waals surface area contributed by atoms with Gasteiger partial charge in [-0.1, -0.05) is 162 Å². The number of carbonyl (C=O) groups is 3. The second-order valence-electron chi connectivity index (χ2n) is 22.6. The summed E-state index contributed by atoms with van der Waals surface area (Å²) in [5.41, 5.74) is 16.0. The van der Waals surface area contributed by atoms with Gasteiger partial charge in [0.25, 0.3) is 0 Å². The van der Waals surface area contributed by atoms with Crippen molar-refractivity contribution in [2.75, 3.05) is 26.4 Å². The molecule has 0 saturated carbocycles. The van der Waals surface area contributed by atoms with E-state index in [0.29, 0.717) is 6.42 Å². The summed E-state index contributed by atoms with van der Waals surface area (Å²) in [4.78, 5) is 45.7. The largest absolute Gasteiger partial charge is 0.508 e. The van der Waals surface area contributed by atoms with Gasteiger partial charge in [0, 0.05) is 10.8 Å². The molecule has 8 rings (SSSR count). The Labute approximate surface area is 475 Å². The number of ether oxygens (including phenoxy) is 11. The van der Waals surface area contributed by atoms with Crippen LogP contribution in [-0.2, 0) is 74.5 Å². The highest BCUT2D eigenvalue weighted by Crippen LogP contribution is 2.47. The summed E-state index contributed by atoms with van der Waals surface area (Å²) in [6, 6.07) is 32.4. The first-order chi connectivity index (χ1) is 38.8. The Morgan fingerprint density at radius 2 is 1.46 bits per heavy atom. The molecule has 4 aliphatic rings. The first-order valence-electron chi connectivity index (χ1n) is 27.9. The lowest BCUT2D eigenvalue weighted by Crippen LogP contribution is -2.70. The first kappa shape index (κ1) is 60.9. The quantitative estimate of drug-likeness (QED) is 0.0131. The predicted molar refractivity (Wildman–Crippen MR) is 302 cm³/mol. The molecule has 81 heavy (non-hydrogen) atoms. The zero-order chi connectivity index (χ0) is 57.9. The number of rotatable bonds is 24. The number of azide groups is 1. The van der Waals surface area contributed by atoms with Crippen molar-refractivity contribution >= 4 is 26.5 Å². The fourth-order valence-electron chi connectivity index (χ4n) is 10.5. The van der Waals surface area contributed by atoms with Gasteiger partial charge in [0.2, 0.25) is 0 Å². The van der Waals surface area contributed by atoms with E-state index in [0.717, 1.165) is 33.4 Å². The van der Waals surface area contributed by atoms with Crippen molar-refractivity contribution in [3.63, 3.8) is 0 Å². The molecular weight excluding hydrogens is 1060 g/mol. The molecule has 1 aliphatic carbocycles. The Bertz CT molecular complexity index is 2750. The van der Waals surface area contributed by atoms with Crippen molar-refractivity contribution < 1.29 is 70.9 Å². The molecular formula is C61H78N4O15Si. The van der Waals surface area contributed by atoms with E-state index in [4.69, 9.17) is 56.5 Å². The molecule has 436 valence electrons. The smallest absolute Gasteiger partial charge is 0.457 e. The van der Waals surface area contributed by atoms with Crippen LogP contribution in [0.3, 0.4) is 0 Å². The maximum atomic E-state index is 14.6. The maximum Gasteiger partial charge on any atom is 0.508 e. The van der Waals surface area contributed by atoms with E-state index < -0.39 is 99.7 Å². The molecule has 1 amide bonds. The van der Waals surface area contributed by atoms with Gasteiger partial charge in [-0.2, -0.15) is 0 Å². The van der Waals surface area contributed by atoms with Gasteiger partial charge in [0.15, 0.2) is 32.8 Å². The second-order valence-corrected chi connectivity index (χ2v) is 27.1. The summed E-state index contributed by atoms with van der Waals surface area (Å²) in [6.45, 7) is 21.2. The number of alkyl carbamates (subject to hydrolysis) is 1. The Hall–Kier alpha value is -6.16. The third-order valence-corrected chi connectivity index (χ3v) is 20.7. The van der Waals surface area contributed by atoms with Crippen LogP contribution in [0.4, 0.5) is 9.59 Å². The highest BCUT2D eigenvalue weighted by molar-refractivity contribution is 6.74. The second kappa shape index (κ2) is 27.3. The Morgan fingerprint density at radius 1 is 0.827 bits per heavy atom. The van der Waals surface area contributed by atoms with Gasteiger partial charge in [-0.3, -0.25) is 4.79 Å². The van der Waals surface area contributed by atoms with Crippen molar-refractivity contribution in [3.8, 4) is 11.1 Å². The molecule has 3 aliphatic heterocycles. The van der Waals surface area contributed by atoms with E-state index in [2.05, 4.69) is 49.6 Å². The summed E-state index contributed by atoms with van der Waals surface area (Å²) in [5, 5.41) is 6.78. The van der Waals surface area contributed by atoms with Gasteiger partial charge >= 0.3 is 18.2 Å². The Morgan fingerprint density at radius 3 is 2.07 bits per heavy atom. The number of nitrogens with one attached hydrogen (secondary N) is 1. The Kier molecular flexibility index (Phi) is 20.5. The van der Waals surface area contributed by atoms with Crippen molar-refractivity contribution in [2.45, 2.75) is 172 Å². The van der Waals surface area contributed by atoms with Crippen LogP contribution in [0, 0.1) is 5.92 Å². The number of hydrogen-bond acceptors (Lipinski definition) is 16. The van der Waals surface area contributed by atoms with E-state index >= 15 is 0 Å². The monoisotopic (exact) mass is 1130 g/mol. The van der Waals surface area contributed by atoms with Gasteiger partial charge in [-0.05, 0) is 83.2 Å². The van der Waals surface area contributed by atoms with Gasteiger partial charge in [-0.25, -0.2) is 9.59 Å². The summed E-state index contributed by atoms with van der Waals surface area (Å²) < 4.78 is 77.1. The van der Waals surface area contributed by atoms with Crippen molar-refractivity contribution in [1.29, 1.82) is 0 Å². The summed E-state index contributed by atoms with van der Waals surface area (Å²) in [5.74, 6) is -1.91. The number of hydrogen-bond donors (Lipinski definition) is 1. The number of amides is 1. The van der Waals surface area contributed by atoms with E-state index in [-0.39, 0.29) is 62.9 Å². The minimum atomic E-state index is -2.85. The zero-order valence-electron chi connectivity index (χ0n) is 47.8. The van der Waals surface area contributed by atoms with Crippen LogP contribution >= 0.6 is 0 Å². The van der Waals surface area contributed by atoms with E-state index in [1.807, 2.05) is 129 Å². The molecule has 0 radical (unpaired) electrons. The van der Waals surface area contributed by atoms with E-state index in [1.54, 1.807) is 13.8 Å². The molecule has 3 saturated heterocycles. The molecule has 11 atom stereocenters. The maximum absolute atomic E-state index is 14.6. The minimum Gasteiger partial charge on any atom is -0.457 e. The molecule has 20 heteroatoms. The lowest BCUT2D eigenvalue weighted by atomic mass is 9.94. The molecule has 1 N–H and O–H groups in total. The van der Waals surface area contributed by atoms with Crippen LogP contribution in [0.1, 0.15) is 89.5 Å². The molecule has 0 aromatic heterocycles. The lowest BCUT2D eigenvalue weighted by molar-refractivity contribution is -0.372. The van der Waals surface area contributed by atoms with Gasteiger partial charge in [0.05, 0.1) is 39.0 Å². The fraction of sp³-hybridized carbons (Fsp3) is 0.525. The fourth-order valence-corrected chi connectivity index (χ4v) is 13.0. The predicted octanol–water partition coefficient (Wildman–Crippen LogP) is 11.4. The van der Waals surface area contributed by atoms with Crippen LogP contribution in [0.2, 0.25) is 18.1 Å². The Balaban J connectivity index is 1.14. The van der Waals surface area contributed by atoms with Crippen LogP contribution in [0.5, 0.6) is 0 Å². The highest BCUT2D eigenvalue weighted by Gasteiger charge is 2.57. The highest BCUT2D eigenvalue weighted by atomic mass is 28.4. The lowest BCUT2D eigenvalue weighted by Gasteiger charge is -2.51. The molecule has 3 heterocycles. The molecule has 19 nitrogen and oxygen atoms in total. The first-order valence-corrected chi connectivity index (χ1v) is 30.8. The van der Waals surface area contributed by atoms with Crippen molar-refractivity contribution in [1.82, 2.24) is 5.32 Å². The van der Waals surface area contributed by atoms with Crippen molar-refractivity contribution in [3.05, 3.63) is 155 Å². The third kappa shape index (κ3) is 14.9. The van der Waals surface area contributed by atoms with Gasteiger partial charge < -0.3 is 61.8 Å². The normalized spacial score (nSPS) is 25.5. The van der Waals surface area contributed by atoms with E-state index in [9.17, 15) is 19.9 Å². The number of nitrogens with zero attached hydrogens (tertiary/aromatic N) is 3. The molecule has 4 aromatic rings. The van der Waals surface area contributed by atoms with Crippen LogP contribution < -0.4 is 5.32 Å². The third-order valence-electron chi connectivity index (χ3n) is 16.2. The number of fused-ring (bicyclic) bond motifs is 4. The van der Waals surface area contributed by atoms with Gasteiger partial charge in [-0.15, -0.1) is 0 Å². The van der Waals surface area contributed by atoms with Crippen molar-refractivity contribution in [2.24, 2.45) is 11.0 Å². The average Bonchev–Trinajstić information content (AvgIpc) is 4.08. The SMILES string of the molecule is C=CCOC(=O)O[C@@H]1C(N=[N+]=[N-])[C@H](O[Si](C)(C)C(C)(C)C(C)C)OC(CO[C@@H]2OC3COC(C)(C)O[C@@H]3[C@H](OC(=O)C[C@H](CC)OCc3ccccc3)C2NC(=O)OCC2c3ccccc3-c3ccccc32)[C@@H]1OCc1ccccc1. The molecule has 4 unspecified atom stereocenters. The minimum absolute atomic E-state index is 0.00593. The molecule has 0 spiro atoms. The molecule has 0 bridgehead atoms. The zero-order valence-corrected chi connectivity index (χ0v) is 48.8. The summed E-state index contributed by atoms with van der Waals surface area (Å²) in [6.07, 6.45) is -10.4. The summed E-state index contributed by atoms with van der Waals surface area (Å²) in [7, 11) is -2.85. The van der Waals surface area contributed by atoms with Crippen LogP contribution in [0.15, 0.2) is 127 Å². The number of carbonyl (C=O) groups excluding carboxylic acids is 3.